The molecule has 19 heavy (non-hydrogen) atoms. The smallest absolute Gasteiger partial charge is 0.0630 e. The fraction of sp³-hybridized carbons (Fsp3) is 0.188. The minimum Gasteiger partial charge on any atom is -0.378 e. The molecule has 0 saturated heterocycles. The molecule has 0 aromatic heterocycles. The molecular weight excluding hydrogens is 252 g/mol. The van der Waals surface area contributed by atoms with Gasteiger partial charge < -0.3 is 4.90 Å². The fourth-order valence-corrected chi connectivity index (χ4v) is 2.08. The summed E-state index contributed by atoms with van der Waals surface area (Å²) < 4.78 is 0. The summed E-state index contributed by atoms with van der Waals surface area (Å²) in [5.41, 5.74) is 3.29. The maximum absolute atomic E-state index is 4.48. The van der Waals surface area contributed by atoms with Crippen molar-refractivity contribution in [2.75, 3.05) is 25.3 Å². The van der Waals surface area contributed by atoms with E-state index >= 15 is 0 Å². The lowest BCUT2D eigenvalue weighted by molar-refractivity contribution is 1.13. The van der Waals surface area contributed by atoms with Gasteiger partial charge in [-0.25, -0.2) is 0 Å². The molecule has 98 valence electrons. The standard InChI is InChI=1S/C16H18N2S/c1-18(2)15-8-4-13(5-9-15)12-17-14-6-10-16(19-3)11-7-14/h4-12H,1-3H3. The zero-order chi connectivity index (χ0) is 13.7. The molecule has 0 aliphatic carbocycles. The summed E-state index contributed by atoms with van der Waals surface area (Å²) in [5, 5.41) is 0. The molecule has 0 atom stereocenters. The molecule has 2 aromatic rings. The van der Waals surface area contributed by atoms with E-state index in [0.717, 1.165) is 11.3 Å². The van der Waals surface area contributed by atoms with E-state index in [2.05, 4.69) is 52.5 Å². The summed E-state index contributed by atoms with van der Waals surface area (Å²) in [6, 6.07) is 16.6. The zero-order valence-electron chi connectivity index (χ0n) is 11.5. The number of hydrogen-bond donors (Lipinski definition) is 0. The Hall–Kier alpha value is -1.74. The predicted octanol–water partition coefficient (Wildman–Crippen LogP) is 4.23. The van der Waals surface area contributed by atoms with E-state index in [0.29, 0.717) is 0 Å². The van der Waals surface area contributed by atoms with Gasteiger partial charge in [0.1, 0.15) is 0 Å². The monoisotopic (exact) mass is 270 g/mol. The van der Waals surface area contributed by atoms with Crippen LogP contribution in [0.5, 0.6) is 0 Å². The van der Waals surface area contributed by atoms with E-state index in [-0.39, 0.29) is 0 Å². The predicted molar refractivity (Wildman–Crippen MR) is 86.2 cm³/mol. The van der Waals surface area contributed by atoms with Crippen molar-refractivity contribution < 1.29 is 0 Å². The van der Waals surface area contributed by atoms with E-state index in [1.807, 2.05) is 32.4 Å². The lowest BCUT2D eigenvalue weighted by Gasteiger charge is -2.11. The first-order chi connectivity index (χ1) is 9.19. The van der Waals surface area contributed by atoms with Gasteiger partial charge in [0.15, 0.2) is 0 Å². The van der Waals surface area contributed by atoms with Gasteiger partial charge in [0.2, 0.25) is 0 Å². The van der Waals surface area contributed by atoms with Gasteiger partial charge in [-0.05, 0) is 48.2 Å². The highest BCUT2D eigenvalue weighted by Crippen LogP contribution is 2.19. The lowest BCUT2D eigenvalue weighted by Crippen LogP contribution is -2.08. The Morgan fingerprint density at radius 2 is 1.58 bits per heavy atom. The Balaban J connectivity index is 2.08. The van der Waals surface area contributed by atoms with Gasteiger partial charge >= 0.3 is 0 Å². The van der Waals surface area contributed by atoms with E-state index in [1.165, 1.54) is 10.6 Å². The number of benzene rings is 2. The van der Waals surface area contributed by atoms with Crippen LogP contribution < -0.4 is 4.90 Å². The summed E-state index contributed by atoms with van der Waals surface area (Å²) in [6.45, 7) is 0. The summed E-state index contributed by atoms with van der Waals surface area (Å²) in [6.07, 6.45) is 3.97. The maximum atomic E-state index is 4.48. The Kier molecular flexibility index (Phi) is 4.63. The van der Waals surface area contributed by atoms with Crippen LogP contribution >= 0.6 is 11.8 Å². The molecular formula is C16H18N2S. The molecule has 0 fully saturated rings. The largest absolute Gasteiger partial charge is 0.378 e. The number of nitrogens with zero attached hydrogens (tertiary/aromatic N) is 2. The molecule has 3 heteroatoms. The van der Waals surface area contributed by atoms with E-state index < -0.39 is 0 Å². The molecule has 0 saturated carbocycles. The number of hydrogen-bond acceptors (Lipinski definition) is 3. The molecule has 0 aliphatic heterocycles. The minimum atomic E-state index is 0.981. The van der Waals surface area contributed by atoms with Crippen molar-refractivity contribution in [1.29, 1.82) is 0 Å². The highest BCUT2D eigenvalue weighted by molar-refractivity contribution is 7.98. The number of thioether (sulfide) groups is 1. The first-order valence-corrected chi connectivity index (χ1v) is 7.37. The summed E-state index contributed by atoms with van der Waals surface area (Å²) in [7, 11) is 4.08. The van der Waals surface area contributed by atoms with E-state index in [9.17, 15) is 0 Å². The molecule has 2 aromatic carbocycles. The second-order valence-corrected chi connectivity index (χ2v) is 5.32. The van der Waals surface area contributed by atoms with Gasteiger partial charge in [-0.2, -0.15) is 0 Å². The third-order valence-corrected chi connectivity index (χ3v) is 3.59. The zero-order valence-corrected chi connectivity index (χ0v) is 12.3. The topological polar surface area (TPSA) is 15.6 Å². The molecule has 0 radical (unpaired) electrons. The van der Waals surface area contributed by atoms with Crippen LogP contribution in [0.2, 0.25) is 0 Å². The summed E-state index contributed by atoms with van der Waals surface area (Å²) in [4.78, 5) is 7.82. The number of aliphatic imine (C=N–C) groups is 1. The second-order valence-electron chi connectivity index (χ2n) is 4.44. The SMILES string of the molecule is CSc1ccc(N=Cc2ccc(N(C)C)cc2)cc1. The first-order valence-electron chi connectivity index (χ1n) is 6.14. The molecule has 0 unspecified atom stereocenters. The van der Waals surface area contributed by atoms with Gasteiger partial charge in [0.25, 0.3) is 0 Å². The normalized spacial score (nSPS) is 10.9. The van der Waals surface area contributed by atoms with Crippen molar-refractivity contribution in [2.24, 2.45) is 4.99 Å². The van der Waals surface area contributed by atoms with Crippen LogP contribution in [0.1, 0.15) is 5.56 Å². The highest BCUT2D eigenvalue weighted by atomic mass is 32.2. The van der Waals surface area contributed by atoms with Crippen LogP contribution in [0.15, 0.2) is 58.4 Å². The summed E-state index contributed by atoms with van der Waals surface area (Å²) >= 11 is 1.74. The Morgan fingerprint density at radius 1 is 0.947 bits per heavy atom. The molecule has 0 aliphatic rings. The third-order valence-electron chi connectivity index (χ3n) is 2.84. The number of rotatable bonds is 4. The van der Waals surface area contributed by atoms with Crippen LogP contribution in [0.25, 0.3) is 0 Å². The van der Waals surface area contributed by atoms with E-state index in [1.54, 1.807) is 11.8 Å². The fourth-order valence-electron chi connectivity index (χ4n) is 1.68. The lowest BCUT2D eigenvalue weighted by atomic mass is 10.2. The quantitative estimate of drug-likeness (QED) is 0.610. The molecule has 0 spiro atoms. The van der Waals surface area contributed by atoms with Gasteiger partial charge in [-0.3, -0.25) is 4.99 Å². The third kappa shape index (κ3) is 3.86. The number of anilines is 1. The minimum absolute atomic E-state index is 0.981. The summed E-state index contributed by atoms with van der Waals surface area (Å²) in [5.74, 6) is 0. The maximum Gasteiger partial charge on any atom is 0.0630 e. The molecule has 0 bridgehead atoms. The van der Waals surface area contributed by atoms with Crippen molar-refractivity contribution in [1.82, 2.24) is 0 Å². The van der Waals surface area contributed by atoms with Crippen LogP contribution in [-0.2, 0) is 0 Å². The van der Waals surface area contributed by atoms with Crippen LogP contribution in [0.4, 0.5) is 11.4 Å². The van der Waals surface area contributed by atoms with Gasteiger partial charge in [-0.15, -0.1) is 11.8 Å². The Morgan fingerprint density at radius 3 is 2.11 bits per heavy atom. The van der Waals surface area contributed by atoms with Gasteiger partial charge in [-0.1, -0.05) is 12.1 Å². The second kappa shape index (κ2) is 6.43. The Labute approximate surface area is 119 Å². The van der Waals surface area contributed by atoms with Crippen LogP contribution in [0, 0.1) is 0 Å². The molecule has 0 N–H and O–H groups in total. The van der Waals surface area contributed by atoms with Gasteiger partial charge in [0.05, 0.1) is 5.69 Å². The highest BCUT2D eigenvalue weighted by Gasteiger charge is 1.94. The van der Waals surface area contributed by atoms with E-state index in [4.69, 9.17) is 0 Å². The average molecular weight is 270 g/mol. The van der Waals surface area contributed by atoms with Crippen molar-refractivity contribution in [3.05, 3.63) is 54.1 Å². The van der Waals surface area contributed by atoms with Gasteiger partial charge in [0, 0.05) is 30.9 Å². The van der Waals surface area contributed by atoms with Crippen LogP contribution in [0.3, 0.4) is 0 Å². The molecule has 0 amide bonds. The molecule has 2 nitrogen and oxygen atoms in total. The van der Waals surface area contributed by atoms with Crippen molar-refractivity contribution in [3.8, 4) is 0 Å². The first kappa shape index (κ1) is 13.7. The van der Waals surface area contributed by atoms with Crippen LogP contribution in [-0.4, -0.2) is 26.6 Å². The van der Waals surface area contributed by atoms with Crippen molar-refractivity contribution in [2.45, 2.75) is 4.90 Å². The van der Waals surface area contributed by atoms with Crippen molar-refractivity contribution in [3.63, 3.8) is 0 Å². The Bertz CT molecular complexity index is 542. The molecule has 0 heterocycles. The molecule has 2 rings (SSSR count). The average Bonchev–Trinajstić information content (AvgIpc) is 2.46. The van der Waals surface area contributed by atoms with Crippen molar-refractivity contribution >= 4 is 29.4 Å².